The van der Waals surface area contributed by atoms with E-state index >= 15 is 0 Å². The van der Waals surface area contributed by atoms with Crippen molar-refractivity contribution in [3.8, 4) is 0 Å². The van der Waals surface area contributed by atoms with Crippen molar-refractivity contribution in [3.05, 3.63) is 48.0 Å². The Morgan fingerprint density at radius 3 is 2.53 bits per heavy atom. The van der Waals surface area contributed by atoms with Crippen molar-refractivity contribution in [2.24, 2.45) is 0 Å². The quantitative estimate of drug-likeness (QED) is 0.879. The standard InChI is InChI=1S/C15H14F2O2/c16-15(17,10-4-9-14(18)19)13-8-3-6-11-5-1-2-7-12(11)13/h1-3,5-8H,4,9-10H2,(H,18,19). The molecular weight excluding hydrogens is 250 g/mol. The van der Waals surface area contributed by atoms with Gasteiger partial charge in [0.1, 0.15) is 0 Å². The number of carbonyl (C=O) groups is 1. The zero-order chi connectivity index (χ0) is 13.9. The highest BCUT2D eigenvalue weighted by molar-refractivity contribution is 5.86. The maximum Gasteiger partial charge on any atom is 0.303 e. The van der Waals surface area contributed by atoms with E-state index in [4.69, 9.17) is 5.11 Å². The molecule has 0 atom stereocenters. The van der Waals surface area contributed by atoms with Gasteiger partial charge in [0.2, 0.25) is 0 Å². The fraction of sp³-hybridized carbons (Fsp3) is 0.267. The molecule has 100 valence electrons. The first-order valence-corrected chi connectivity index (χ1v) is 6.08. The van der Waals surface area contributed by atoms with Crippen LogP contribution in [0.1, 0.15) is 24.8 Å². The molecule has 0 spiro atoms. The number of benzene rings is 2. The van der Waals surface area contributed by atoms with E-state index in [1.165, 1.54) is 6.07 Å². The Morgan fingerprint density at radius 2 is 1.79 bits per heavy atom. The van der Waals surface area contributed by atoms with Crippen molar-refractivity contribution in [3.63, 3.8) is 0 Å². The fourth-order valence-corrected chi connectivity index (χ4v) is 2.14. The van der Waals surface area contributed by atoms with E-state index in [1.807, 2.05) is 0 Å². The van der Waals surface area contributed by atoms with Crippen LogP contribution in [0.4, 0.5) is 8.78 Å². The lowest BCUT2D eigenvalue weighted by Gasteiger charge is -2.18. The molecule has 0 saturated carbocycles. The van der Waals surface area contributed by atoms with Gasteiger partial charge < -0.3 is 5.11 Å². The van der Waals surface area contributed by atoms with Crippen LogP contribution in [0, 0.1) is 0 Å². The molecule has 0 saturated heterocycles. The maximum absolute atomic E-state index is 14.1. The van der Waals surface area contributed by atoms with Gasteiger partial charge in [-0.25, -0.2) is 8.78 Å². The average molecular weight is 264 g/mol. The minimum absolute atomic E-state index is 0.0315. The average Bonchev–Trinajstić information content (AvgIpc) is 2.37. The van der Waals surface area contributed by atoms with Crippen LogP contribution in [0.15, 0.2) is 42.5 Å². The van der Waals surface area contributed by atoms with Crippen LogP contribution in [0.3, 0.4) is 0 Å². The highest BCUT2D eigenvalue weighted by Crippen LogP contribution is 2.37. The molecule has 0 unspecified atom stereocenters. The first kappa shape index (κ1) is 13.5. The lowest BCUT2D eigenvalue weighted by Crippen LogP contribution is -2.14. The molecule has 0 aliphatic rings. The molecule has 0 aliphatic heterocycles. The summed E-state index contributed by atoms with van der Waals surface area (Å²) in [6.45, 7) is 0. The smallest absolute Gasteiger partial charge is 0.303 e. The second-order valence-electron chi connectivity index (χ2n) is 4.48. The molecule has 0 heterocycles. The van der Waals surface area contributed by atoms with E-state index < -0.39 is 18.3 Å². The second kappa shape index (κ2) is 5.34. The van der Waals surface area contributed by atoms with Gasteiger partial charge in [0.05, 0.1) is 0 Å². The first-order valence-electron chi connectivity index (χ1n) is 6.08. The molecule has 0 aromatic heterocycles. The van der Waals surface area contributed by atoms with Crippen LogP contribution in [-0.2, 0) is 10.7 Å². The molecule has 2 aromatic rings. The minimum Gasteiger partial charge on any atom is -0.481 e. The van der Waals surface area contributed by atoms with Crippen LogP contribution in [-0.4, -0.2) is 11.1 Å². The van der Waals surface area contributed by atoms with Gasteiger partial charge in [0, 0.05) is 18.4 Å². The predicted octanol–water partition coefficient (Wildman–Crippen LogP) is 4.19. The highest BCUT2D eigenvalue weighted by atomic mass is 19.3. The third-order valence-corrected chi connectivity index (χ3v) is 3.07. The first-order chi connectivity index (χ1) is 9.00. The number of fused-ring (bicyclic) bond motifs is 1. The summed E-state index contributed by atoms with van der Waals surface area (Å²) < 4.78 is 28.3. The molecule has 1 N–H and O–H groups in total. The Labute approximate surface area is 109 Å². The minimum atomic E-state index is -3.00. The molecule has 0 amide bonds. The van der Waals surface area contributed by atoms with Gasteiger partial charge in [-0.2, -0.15) is 0 Å². The molecule has 2 rings (SSSR count). The lowest BCUT2D eigenvalue weighted by molar-refractivity contribution is -0.137. The fourth-order valence-electron chi connectivity index (χ4n) is 2.14. The summed E-state index contributed by atoms with van der Waals surface area (Å²) >= 11 is 0. The number of carboxylic acids is 1. The van der Waals surface area contributed by atoms with Crippen molar-refractivity contribution < 1.29 is 18.7 Å². The molecule has 0 bridgehead atoms. The summed E-state index contributed by atoms with van der Waals surface area (Å²) in [5, 5.41) is 9.79. The third-order valence-electron chi connectivity index (χ3n) is 3.07. The van der Waals surface area contributed by atoms with Gasteiger partial charge in [-0.1, -0.05) is 42.5 Å². The van der Waals surface area contributed by atoms with E-state index in [9.17, 15) is 13.6 Å². The van der Waals surface area contributed by atoms with Gasteiger partial charge >= 0.3 is 5.97 Å². The normalized spacial score (nSPS) is 11.7. The second-order valence-corrected chi connectivity index (χ2v) is 4.48. The summed E-state index contributed by atoms with van der Waals surface area (Å²) in [6.07, 6.45) is -0.723. The summed E-state index contributed by atoms with van der Waals surface area (Å²) in [6, 6.07) is 11.8. The largest absolute Gasteiger partial charge is 0.481 e. The van der Waals surface area contributed by atoms with Gasteiger partial charge in [-0.05, 0) is 17.2 Å². The van der Waals surface area contributed by atoms with Gasteiger partial charge in [-0.3, -0.25) is 4.79 Å². The molecule has 0 fully saturated rings. The molecule has 19 heavy (non-hydrogen) atoms. The Morgan fingerprint density at radius 1 is 1.11 bits per heavy atom. The summed E-state index contributed by atoms with van der Waals surface area (Å²) in [7, 11) is 0. The van der Waals surface area contributed by atoms with Crippen molar-refractivity contribution in [1.82, 2.24) is 0 Å². The SMILES string of the molecule is O=C(O)CCCC(F)(F)c1cccc2ccccc12. The van der Waals surface area contributed by atoms with E-state index in [0.29, 0.717) is 5.39 Å². The molecule has 0 radical (unpaired) electrons. The van der Waals surface area contributed by atoms with Gasteiger partial charge in [-0.15, -0.1) is 0 Å². The summed E-state index contributed by atoms with van der Waals surface area (Å²) in [5.74, 6) is -4.05. The van der Waals surface area contributed by atoms with Crippen LogP contribution >= 0.6 is 0 Å². The van der Waals surface area contributed by atoms with Crippen molar-refractivity contribution in [2.75, 3.05) is 0 Å². The summed E-state index contributed by atoms with van der Waals surface area (Å²) in [5.41, 5.74) is -0.0315. The van der Waals surface area contributed by atoms with E-state index in [0.717, 1.165) is 5.39 Å². The number of halogens is 2. The monoisotopic (exact) mass is 264 g/mol. The lowest BCUT2D eigenvalue weighted by atomic mass is 9.96. The summed E-state index contributed by atoms with van der Waals surface area (Å²) in [4.78, 5) is 10.4. The van der Waals surface area contributed by atoms with Gasteiger partial charge in [0.15, 0.2) is 0 Å². The van der Waals surface area contributed by atoms with E-state index in [2.05, 4.69) is 0 Å². The predicted molar refractivity (Wildman–Crippen MR) is 69.3 cm³/mol. The number of carboxylic acid groups (broad SMARTS) is 1. The zero-order valence-corrected chi connectivity index (χ0v) is 10.3. The molecule has 2 aromatic carbocycles. The number of alkyl halides is 2. The van der Waals surface area contributed by atoms with Crippen LogP contribution in [0.2, 0.25) is 0 Å². The number of rotatable bonds is 5. The topological polar surface area (TPSA) is 37.3 Å². The number of hydrogen-bond acceptors (Lipinski definition) is 1. The third kappa shape index (κ3) is 3.08. The van der Waals surface area contributed by atoms with Gasteiger partial charge in [0.25, 0.3) is 5.92 Å². The Kier molecular flexibility index (Phi) is 3.79. The zero-order valence-electron chi connectivity index (χ0n) is 10.3. The van der Waals surface area contributed by atoms with Crippen LogP contribution < -0.4 is 0 Å². The molecule has 2 nitrogen and oxygen atoms in total. The molecular formula is C15H14F2O2. The van der Waals surface area contributed by atoms with Crippen LogP contribution in [0.5, 0.6) is 0 Å². The van der Waals surface area contributed by atoms with E-state index in [1.54, 1.807) is 36.4 Å². The number of aliphatic carboxylic acids is 1. The van der Waals surface area contributed by atoms with Crippen molar-refractivity contribution >= 4 is 16.7 Å². The maximum atomic E-state index is 14.1. The van der Waals surface area contributed by atoms with E-state index in [-0.39, 0.29) is 18.4 Å². The van der Waals surface area contributed by atoms with Crippen molar-refractivity contribution in [1.29, 1.82) is 0 Å². The highest BCUT2D eigenvalue weighted by Gasteiger charge is 2.32. The molecule has 4 heteroatoms. The number of hydrogen-bond donors (Lipinski definition) is 1. The van der Waals surface area contributed by atoms with Crippen molar-refractivity contribution in [2.45, 2.75) is 25.2 Å². The molecule has 0 aliphatic carbocycles. The Bertz CT molecular complexity index is 588. The Balaban J connectivity index is 2.29. The van der Waals surface area contributed by atoms with Crippen LogP contribution in [0.25, 0.3) is 10.8 Å². The Hall–Kier alpha value is -1.97.